The van der Waals surface area contributed by atoms with Crippen molar-refractivity contribution < 1.29 is 19.4 Å². The van der Waals surface area contributed by atoms with E-state index in [9.17, 15) is 14.7 Å². The number of phenols is 1. The van der Waals surface area contributed by atoms with Crippen LogP contribution < -0.4 is 15.4 Å². The third kappa shape index (κ3) is 4.05. The number of carbonyl (C=O) groups is 2. The topological polar surface area (TPSA) is 90.9 Å². The highest BCUT2D eigenvalue weighted by molar-refractivity contribution is 5.97. The summed E-state index contributed by atoms with van der Waals surface area (Å²) >= 11 is 0. The first-order valence-corrected chi connectivity index (χ1v) is 9.79. The molecule has 2 heterocycles. The van der Waals surface area contributed by atoms with Crippen LogP contribution in [-0.4, -0.2) is 53.6 Å². The standard InChI is InChI=1S/C22H25N3O4/c1-29-20-5-3-2-4-15(20)12-23-16-11-19-21(27)24-18(22(28)25(19)13-16)10-14-6-8-17(26)9-7-14/h2-9,16,18-19,23,26H,10-13H2,1H3,(H,24,27)/t16-,18+,19-/m0/s1. The van der Waals surface area contributed by atoms with Crippen LogP contribution in [-0.2, 0) is 22.6 Å². The number of carbonyl (C=O) groups excluding carboxylic acids is 2. The van der Waals surface area contributed by atoms with Gasteiger partial charge in [-0.3, -0.25) is 9.59 Å². The van der Waals surface area contributed by atoms with Crippen LogP contribution in [0.25, 0.3) is 0 Å². The van der Waals surface area contributed by atoms with Crippen LogP contribution in [0.3, 0.4) is 0 Å². The molecule has 3 atom stereocenters. The number of aromatic hydroxyl groups is 1. The summed E-state index contributed by atoms with van der Waals surface area (Å²) in [5.74, 6) is 0.842. The van der Waals surface area contributed by atoms with Gasteiger partial charge >= 0.3 is 0 Å². The second-order valence-corrected chi connectivity index (χ2v) is 7.56. The highest BCUT2D eigenvalue weighted by Crippen LogP contribution is 2.25. The summed E-state index contributed by atoms with van der Waals surface area (Å²) in [6, 6.07) is 13.6. The Morgan fingerprint density at radius 2 is 1.93 bits per heavy atom. The van der Waals surface area contributed by atoms with Crippen molar-refractivity contribution in [1.29, 1.82) is 0 Å². The molecule has 0 aliphatic carbocycles. The first-order valence-electron chi connectivity index (χ1n) is 9.79. The van der Waals surface area contributed by atoms with Gasteiger partial charge in [-0.1, -0.05) is 30.3 Å². The van der Waals surface area contributed by atoms with E-state index in [4.69, 9.17) is 4.74 Å². The SMILES string of the molecule is COc1ccccc1CN[C@H]1C[C@H]2C(=O)N[C@H](Cc3ccc(O)cc3)C(=O)N2C1. The number of benzene rings is 2. The summed E-state index contributed by atoms with van der Waals surface area (Å²) in [4.78, 5) is 27.3. The lowest BCUT2D eigenvalue weighted by Gasteiger charge is -2.34. The van der Waals surface area contributed by atoms with Crippen molar-refractivity contribution in [2.75, 3.05) is 13.7 Å². The summed E-state index contributed by atoms with van der Waals surface area (Å²) in [6.45, 7) is 1.13. The zero-order valence-corrected chi connectivity index (χ0v) is 16.3. The van der Waals surface area contributed by atoms with E-state index in [1.54, 1.807) is 36.3 Å². The number of hydrogen-bond acceptors (Lipinski definition) is 5. The van der Waals surface area contributed by atoms with E-state index in [0.29, 0.717) is 25.9 Å². The van der Waals surface area contributed by atoms with Gasteiger partial charge in [0, 0.05) is 31.1 Å². The van der Waals surface area contributed by atoms with Crippen LogP contribution in [0.2, 0.25) is 0 Å². The summed E-state index contributed by atoms with van der Waals surface area (Å²) in [5, 5.41) is 15.7. The lowest BCUT2D eigenvalue weighted by molar-refractivity contribution is -0.147. The average molecular weight is 395 g/mol. The van der Waals surface area contributed by atoms with Gasteiger partial charge in [-0.25, -0.2) is 0 Å². The van der Waals surface area contributed by atoms with Gasteiger partial charge in [0.25, 0.3) is 0 Å². The Balaban J connectivity index is 1.39. The molecule has 2 amide bonds. The average Bonchev–Trinajstić information content (AvgIpc) is 3.17. The van der Waals surface area contributed by atoms with Gasteiger partial charge in [-0.15, -0.1) is 0 Å². The van der Waals surface area contributed by atoms with Crippen LogP contribution in [0.4, 0.5) is 0 Å². The number of methoxy groups -OCH3 is 1. The highest BCUT2D eigenvalue weighted by Gasteiger charge is 2.46. The molecule has 0 spiro atoms. The third-order valence-corrected chi connectivity index (χ3v) is 5.65. The zero-order valence-electron chi connectivity index (χ0n) is 16.3. The minimum Gasteiger partial charge on any atom is -0.508 e. The van der Waals surface area contributed by atoms with Gasteiger partial charge in [0.1, 0.15) is 23.6 Å². The van der Waals surface area contributed by atoms with E-state index < -0.39 is 12.1 Å². The van der Waals surface area contributed by atoms with Gasteiger partial charge in [0.2, 0.25) is 11.8 Å². The summed E-state index contributed by atoms with van der Waals surface area (Å²) < 4.78 is 5.38. The number of nitrogens with zero attached hydrogens (tertiary/aromatic N) is 1. The first kappa shape index (κ1) is 19.3. The van der Waals surface area contributed by atoms with Gasteiger partial charge in [0.05, 0.1) is 7.11 Å². The molecule has 2 fully saturated rings. The monoisotopic (exact) mass is 395 g/mol. The molecule has 152 valence electrons. The fourth-order valence-corrected chi connectivity index (χ4v) is 4.12. The van der Waals surface area contributed by atoms with Gasteiger partial charge in [-0.05, 0) is 30.2 Å². The molecule has 2 aromatic rings. The van der Waals surface area contributed by atoms with Gasteiger partial charge < -0.3 is 25.4 Å². The number of para-hydroxylation sites is 1. The summed E-state index contributed by atoms with van der Waals surface area (Å²) in [7, 11) is 1.64. The van der Waals surface area contributed by atoms with E-state index >= 15 is 0 Å². The fraction of sp³-hybridized carbons (Fsp3) is 0.364. The molecule has 2 saturated heterocycles. The lowest BCUT2D eigenvalue weighted by Crippen LogP contribution is -2.61. The van der Waals surface area contributed by atoms with Crippen LogP contribution in [0.15, 0.2) is 48.5 Å². The van der Waals surface area contributed by atoms with E-state index in [-0.39, 0.29) is 23.6 Å². The van der Waals surface area contributed by atoms with Crippen LogP contribution in [0.1, 0.15) is 17.5 Å². The van der Waals surface area contributed by atoms with Crippen LogP contribution in [0.5, 0.6) is 11.5 Å². The normalized spacial score (nSPS) is 23.6. The minimum absolute atomic E-state index is 0.0482. The van der Waals surface area contributed by atoms with Crippen molar-refractivity contribution in [2.24, 2.45) is 0 Å². The Labute approximate surface area is 169 Å². The second kappa shape index (κ2) is 8.13. The van der Waals surface area contributed by atoms with Gasteiger partial charge in [-0.2, -0.15) is 0 Å². The first-order chi connectivity index (χ1) is 14.0. The Kier molecular flexibility index (Phi) is 5.40. The fourth-order valence-electron chi connectivity index (χ4n) is 4.12. The van der Waals surface area contributed by atoms with Crippen LogP contribution in [0, 0.1) is 0 Å². The maximum atomic E-state index is 13.0. The number of ether oxygens (including phenoxy) is 1. The molecule has 2 aromatic carbocycles. The molecule has 7 heteroatoms. The maximum Gasteiger partial charge on any atom is 0.246 e. The van der Waals surface area contributed by atoms with Crippen LogP contribution >= 0.6 is 0 Å². The van der Waals surface area contributed by atoms with Crippen molar-refractivity contribution >= 4 is 11.8 Å². The summed E-state index contributed by atoms with van der Waals surface area (Å²) in [6.07, 6.45) is 1.01. The van der Waals surface area contributed by atoms with E-state index in [1.165, 1.54) is 0 Å². The van der Waals surface area contributed by atoms with Crippen molar-refractivity contribution in [3.63, 3.8) is 0 Å². The maximum absolute atomic E-state index is 13.0. The molecule has 7 nitrogen and oxygen atoms in total. The molecule has 4 rings (SSSR count). The molecule has 3 N–H and O–H groups in total. The molecule has 0 bridgehead atoms. The molecule has 2 aliphatic heterocycles. The largest absolute Gasteiger partial charge is 0.508 e. The Hall–Kier alpha value is -3.06. The number of nitrogens with one attached hydrogen (secondary N) is 2. The number of amides is 2. The molecule has 0 aromatic heterocycles. The molecule has 29 heavy (non-hydrogen) atoms. The predicted molar refractivity (Wildman–Crippen MR) is 107 cm³/mol. The Morgan fingerprint density at radius 1 is 1.17 bits per heavy atom. The van der Waals surface area contributed by atoms with Crippen molar-refractivity contribution in [3.8, 4) is 11.5 Å². The molecular formula is C22H25N3O4. The van der Waals surface area contributed by atoms with Gasteiger partial charge in [0.15, 0.2) is 0 Å². The number of rotatable bonds is 6. The number of hydrogen-bond donors (Lipinski definition) is 3. The number of phenolic OH excluding ortho intramolecular Hbond substituents is 1. The van der Waals surface area contributed by atoms with Crippen molar-refractivity contribution in [3.05, 3.63) is 59.7 Å². The Morgan fingerprint density at radius 3 is 2.69 bits per heavy atom. The Bertz CT molecular complexity index is 899. The molecular weight excluding hydrogens is 370 g/mol. The molecule has 0 saturated carbocycles. The third-order valence-electron chi connectivity index (χ3n) is 5.65. The quantitative estimate of drug-likeness (QED) is 0.684. The van der Waals surface area contributed by atoms with E-state index in [2.05, 4.69) is 10.6 Å². The van der Waals surface area contributed by atoms with E-state index in [1.807, 2.05) is 24.3 Å². The number of fused-ring (bicyclic) bond motifs is 1. The number of piperazine rings is 1. The molecule has 2 aliphatic rings. The molecule has 0 radical (unpaired) electrons. The molecule has 0 unspecified atom stereocenters. The van der Waals surface area contributed by atoms with Crippen molar-refractivity contribution in [2.45, 2.75) is 37.5 Å². The predicted octanol–water partition coefficient (Wildman–Crippen LogP) is 1.20. The highest BCUT2D eigenvalue weighted by atomic mass is 16.5. The smallest absolute Gasteiger partial charge is 0.246 e. The summed E-state index contributed by atoms with van der Waals surface area (Å²) in [5.41, 5.74) is 1.94. The van der Waals surface area contributed by atoms with Crippen molar-refractivity contribution in [1.82, 2.24) is 15.5 Å². The second-order valence-electron chi connectivity index (χ2n) is 7.56. The zero-order chi connectivity index (χ0) is 20.4. The lowest BCUT2D eigenvalue weighted by atomic mass is 10.0. The minimum atomic E-state index is -0.573. The van der Waals surface area contributed by atoms with E-state index in [0.717, 1.165) is 16.9 Å².